The summed E-state index contributed by atoms with van der Waals surface area (Å²) >= 11 is 12.2. The van der Waals surface area contributed by atoms with Crippen LogP contribution < -0.4 is 10.2 Å². The molecule has 0 atom stereocenters. The minimum absolute atomic E-state index is 0.107. The number of aromatic nitrogens is 1. The Morgan fingerprint density at radius 1 is 0.935 bits per heavy atom. The van der Waals surface area contributed by atoms with Crippen molar-refractivity contribution in [3.8, 4) is 22.8 Å². The molecule has 0 amide bonds. The van der Waals surface area contributed by atoms with Crippen LogP contribution in [-0.4, -0.2) is 17.6 Å². The summed E-state index contributed by atoms with van der Waals surface area (Å²) in [6.07, 6.45) is 0. The molecule has 0 bridgehead atoms. The van der Waals surface area contributed by atoms with Gasteiger partial charge in [0.2, 0.25) is 5.43 Å². The van der Waals surface area contributed by atoms with Gasteiger partial charge in [-0.15, -0.1) is 0 Å². The molecule has 0 aliphatic rings. The fraction of sp³-hybridized carbons (Fsp3) is 0.0833. The summed E-state index contributed by atoms with van der Waals surface area (Å²) in [6.45, 7) is 1.81. The number of carbonyl (C=O) groups is 1. The zero-order valence-corrected chi connectivity index (χ0v) is 18.0. The first-order chi connectivity index (χ1) is 15.0. The molecule has 7 heteroatoms. The van der Waals surface area contributed by atoms with Gasteiger partial charge in [-0.1, -0.05) is 53.5 Å². The van der Waals surface area contributed by atoms with Crippen molar-refractivity contribution in [1.29, 1.82) is 0 Å². The minimum atomic E-state index is -0.721. The number of nitrogens with one attached hydrogen (secondary N) is 1. The van der Waals surface area contributed by atoms with E-state index >= 15 is 0 Å². The van der Waals surface area contributed by atoms with Gasteiger partial charge in [-0.3, -0.25) is 4.79 Å². The molecule has 4 aromatic rings. The van der Waals surface area contributed by atoms with E-state index in [-0.39, 0.29) is 22.6 Å². The van der Waals surface area contributed by atoms with Crippen molar-refractivity contribution < 1.29 is 14.3 Å². The molecule has 3 aromatic carbocycles. The lowest BCUT2D eigenvalue weighted by atomic mass is 10.0. The summed E-state index contributed by atoms with van der Waals surface area (Å²) in [5.74, 6) is 0.494. The number of halogens is 2. The zero-order valence-electron chi connectivity index (χ0n) is 16.4. The number of esters is 1. The first kappa shape index (κ1) is 21.0. The monoisotopic (exact) mass is 453 g/mol. The molecule has 0 spiro atoms. The molecule has 0 aliphatic heterocycles. The number of rotatable bonds is 5. The Bertz CT molecular complexity index is 1330. The summed E-state index contributed by atoms with van der Waals surface area (Å²) in [5, 5.41) is 0.763. The second kappa shape index (κ2) is 8.84. The van der Waals surface area contributed by atoms with Crippen LogP contribution >= 0.6 is 23.2 Å². The van der Waals surface area contributed by atoms with Crippen molar-refractivity contribution in [2.24, 2.45) is 0 Å². The molecule has 156 valence electrons. The maximum atomic E-state index is 13.2. The number of H-pyrrole nitrogens is 1. The van der Waals surface area contributed by atoms with E-state index in [9.17, 15) is 9.59 Å². The Kier molecular flexibility index (Phi) is 5.98. The third kappa shape index (κ3) is 4.29. The van der Waals surface area contributed by atoms with Crippen LogP contribution in [0.2, 0.25) is 10.0 Å². The molecule has 0 unspecified atom stereocenters. The van der Waals surface area contributed by atoms with Crippen molar-refractivity contribution in [2.75, 3.05) is 6.61 Å². The van der Waals surface area contributed by atoms with E-state index in [4.69, 9.17) is 32.7 Å². The van der Waals surface area contributed by atoms with Crippen LogP contribution in [0.15, 0.2) is 71.5 Å². The van der Waals surface area contributed by atoms with E-state index in [2.05, 4.69) is 4.98 Å². The van der Waals surface area contributed by atoms with Gasteiger partial charge in [0.05, 0.1) is 27.9 Å². The van der Waals surface area contributed by atoms with Crippen LogP contribution in [0.25, 0.3) is 22.2 Å². The standard InChI is InChI=1S/C24H17Cl2NO4/c1-2-30-24(29)21-22(27-20-13-19(26)18(25)12-17(20)23(21)28)14-7-6-10-16(11-14)31-15-8-4-3-5-9-15/h3-13H,2H2,1H3,(H,27,28). The van der Waals surface area contributed by atoms with Gasteiger partial charge >= 0.3 is 5.97 Å². The Morgan fingerprint density at radius 2 is 1.65 bits per heavy atom. The highest BCUT2D eigenvalue weighted by atomic mass is 35.5. The fourth-order valence-electron chi connectivity index (χ4n) is 3.24. The van der Waals surface area contributed by atoms with Crippen molar-refractivity contribution in [3.63, 3.8) is 0 Å². The molecule has 0 saturated heterocycles. The number of hydrogen-bond acceptors (Lipinski definition) is 4. The third-order valence-electron chi connectivity index (χ3n) is 4.62. The van der Waals surface area contributed by atoms with Crippen LogP contribution in [0.5, 0.6) is 11.5 Å². The average molecular weight is 454 g/mol. The molecule has 0 aliphatic carbocycles. The van der Waals surface area contributed by atoms with Gasteiger partial charge in [-0.25, -0.2) is 4.79 Å². The van der Waals surface area contributed by atoms with Crippen LogP contribution in [0.1, 0.15) is 17.3 Å². The van der Waals surface area contributed by atoms with Gasteiger partial charge in [0.25, 0.3) is 0 Å². The van der Waals surface area contributed by atoms with E-state index in [1.165, 1.54) is 6.07 Å². The van der Waals surface area contributed by atoms with Gasteiger partial charge in [0.15, 0.2) is 0 Å². The van der Waals surface area contributed by atoms with Crippen molar-refractivity contribution in [2.45, 2.75) is 6.92 Å². The first-order valence-electron chi connectivity index (χ1n) is 9.53. The number of aromatic amines is 1. The van der Waals surface area contributed by atoms with E-state index in [0.29, 0.717) is 33.3 Å². The fourth-order valence-corrected chi connectivity index (χ4v) is 3.57. The number of ether oxygens (including phenoxy) is 2. The predicted molar refractivity (Wildman–Crippen MR) is 122 cm³/mol. The smallest absolute Gasteiger partial charge is 0.344 e. The third-order valence-corrected chi connectivity index (χ3v) is 5.35. The topological polar surface area (TPSA) is 68.4 Å². The summed E-state index contributed by atoms with van der Waals surface area (Å²) in [5.41, 5.74) is 0.756. The van der Waals surface area contributed by atoms with Crippen molar-refractivity contribution in [3.05, 3.63) is 92.6 Å². The van der Waals surface area contributed by atoms with Gasteiger partial charge < -0.3 is 14.5 Å². The number of pyridine rings is 1. The van der Waals surface area contributed by atoms with E-state index in [1.807, 2.05) is 30.3 Å². The van der Waals surface area contributed by atoms with Gasteiger partial charge in [0.1, 0.15) is 17.1 Å². The molecule has 5 nitrogen and oxygen atoms in total. The van der Waals surface area contributed by atoms with Crippen LogP contribution in [-0.2, 0) is 4.74 Å². The molecule has 31 heavy (non-hydrogen) atoms. The molecule has 1 N–H and O–H groups in total. The summed E-state index contributed by atoms with van der Waals surface area (Å²) in [7, 11) is 0. The average Bonchev–Trinajstić information content (AvgIpc) is 2.76. The summed E-state index contributed by atoms with van der Waals surface area (Å²) < 4.78 is 11.0. The number of carbonyl (C=O) groups excluding carboxylic acids is 1. The summed E-state index contributed by atoms with van der Waals surface area (Å²) in [6, 6.07) is 19.4. The first-order valence-corrected chi connectivity index (χ1v) is 10.3. The highest BCUT2D eigenvalue weighted by Gasteiger charge is 2.22. The molecule has 0 saturated carbocycles. The molecular weight excluding hydrogens is 437 g/mol. The maximum absolute atomic E-state index is 13.2. The lowest BCUT2D eigenvalue weighted by Crippen LogP contribution is -2.20. The van der Waals surface area contributed by atoms with Gasteiger partial charge in [-0.2, -0.15) is 0 Å². The Labute approximate surface area is 188 Å². The zero-order chi connectivity index (χ0) is 22.0. The van der Waals surface area contributed by atoms with E-state index in [0.717, 1.165) is 0 Å². The number of fused-ring (bicyclic) bond motifs is 1. The molecule has 0 radical (unpaired) electrons. The van der Waals surface area contributed by atoms with Crippen molar-refractivity contribution in [1.82, 2.24) is 4.98 Å². The van der Waals surface area contributed by atoms with Crippen molar-refractivity contribution >= 4 is 40.1 Å². The molecule has 1 heterocycles. The highest BCUT2D eigenvalue weighted by Crippen LogP contribution is 2.31. The normalized spacial score (nSPS) is 10.8. The Morgan fingerprint density at radius 3 is 2.39 bits per heavy atom. The van der Waals surface area contributed by atoms with Crippen LogP contribution in [0.4, 0.5) is 0 Å². The molecule has 0 fully saturated rings. The lowest BCUT2D eigenvalue weighted by Gasteiger charge is -2.13. The second-order valence-electron chi connectivity index (χ2n) is 6.68. The highest BCUT2D eigenvalue weighted by molar-refractivity contribution is 6.42. The minimum Gasteiger partial charge on any atom is -0.462 e. The second-order valence-corrected chi connectivity index (χ2v) is 7.49. The van der Waals surface area contributed by atoms with Crippen LogP contribution in [0, 0.1) is 0 Å². The largest absolute Gasteiger partial charge is 0.462 e. The van der Waals surface area contributed by atoms with E-state index in [1.54, 1.807) is 37.3 Å². The molecular formula is C24H17Cl2NO4. The summed E-state index contributed by atoms with van der Waals surface area (Å²) in [4.78, 5) is 29.1. The Balaban J connectivity index is 1.91. The SMILES string of the molecule is CCOC(=O)c1c(-c2cccc(Oc3ccccc3)c2)[nH]c2cc(Cl)c(Cl)cc2c1=O. The lowest BCUT2D eigenvalue weighted by molar-refractivity contribution is 0.0525. The quantitative estimate of drug-likeness (QED) is 0.351. The van der Waals surface area contributed by atoms with Crippen LogP contribution in [0.3, 0.4) is 0 Å². The van der Waals surface area contributed by atoms with Gasteiger partial charge in [-0.05, 0) is 43.3 Å². The maximum Gasteiger partial charge on any atom is 0.344 e. The molecule has 1 aromatic heterocycles. The number of para-hydroxylation sites is 1. The number of benzene rings is 3. The van der Waals surface area contributed by atoms with E-state index < -0.39 is 11.4 Å². The van der Waals surface area contributed by atoms with Gasteiger partial charge in [0, 0.05) is 10.9 Å². The predicted octanol–water partition coefficient (Wildman–Crippen LogP) is 6.47. The number of hydrogen-bond donors (Lipinski definition) is 1. The molecule has 4 rings (SSSR count). The Hall–Kier alpha value is -3.28.